The lowest BCUT2D eigenvalue weighted by Gasteiger charge is -2.10. The molecule has 3 nitrogen and oxygen atoms in total. The van der Waals surface area contributed by atoms with Crippen LogP contribution in [0.25, 0.3) is 6.08 Å². The molecule has 0 heterocycles. The highest BCUT2D eigenvalue weighted by Gasteiger charge is 1.94. The summed E-state index contributed by atoms with van der Waals surface area (Å²) in [5, 5.41) is 0. The zero-order valence-electron chi connectivity index (χ0n) is 6.32. The summed E-state index contributed by atoms with van der Waals surface area (Å²) >= 11 is -2.28. The number of anilines is 1. The molecule has 1 rings (SSSR count). The van der Waals surface area contributed by atoms with Gasteiger partial charge in [-0.1, -0.05) is 30.9 Å². The molecule has 0 spiro atoms. The molecule has 0 saturated carbocycles. The molecule has 1 unspecified atom stereocenters. The fraction of sp³-hybridized carbons (Fsp3) is 0. The van der Waals surface area contributed by atoms with Crippen molar-refractivity contribution < 1.29 is 8.76 Å². The van der Waals surface area contributed by atoms with Gasteiger partial charge in [0.2, 0.25) is 0 Å². The van der Waals surface area contributed by atoms with E-state index in [-0.39, 0.29) is 0 Å². The van der Waals surface area contributed by atoms with Gasteiger partial charge in [-0.15, -0.1) is 0 Å². The number of nitrogens with one attached hydrogen (secondary N) is 1. The largest absolute Gasteiger partial charge is 0.755 e. The Labute approximate surface area is 73.5 Å². The maximum atomic E-state index is 10.3. The van der Waals surface area contributed by atoms with Crippen LogP contribution >= 0.6 is 0 Å². The highest BCUT2D eigenvalue weighted by molar-refractivity contribution is 7.80. The van der Waals surface area contributed by atoms with Crippen LogP contribution in [-0.2, 0) is 11.3 Å². The molecule has 0 aliphatic carbocycles. The fourth-order valence-electron chi connectivity index (χ4n) is 0.858. The van der Waals surface area contributed by atoms with Gasteiger partial charge < -0.3 is 9.27 Å². The summed E-state index contributed by atoms with van der Waals surface area (Å²) in [4.78, 5) is 0. The average Bonchev–Trinajstić information content (AvgIpc) is 2.04. The first-order valence-corrected chi connectivity index (χ1v) is 4.39. The van der Waals surface area contributed by atoms with Gasteiger partial charge in [-0.2, -0.15) is 0 Å². The topological polar surface area (TPSA) is 52.2 Å². The fourth-order valence-corrected chi connectivity index (χ4v) is 1.22. The van der Waals surface area contributed by atoms with Crippen molar-refractivity contribution in [2.75, 3.05) is 4.72 Å². The summed E-state index contributed by atoms with van der Waals surface area (Å²) < 4.78 is 22.9. The molecule has 0 aliphatic heterocycles. The molecule has 0 amide bonds. The van der Waals surface area contributed by atoms with E-state index in [4.69, 9.17) is 0 Å². The van der Waals surface area contributed by atoms with Crippen LogP contribution in [0.4, 0.5) is 5.69 Å². The second-order valence-electron chi connectivity index (χ2n) is 2.13. The molecule has 1 atom stereocenters. The molecule has 1 N–H and O–H groups in total. The van der Waals surface area contributed by atoms with E-state index in [2.05, 4.69) is 11.3 Å². The zero-order valence-corrected chi connectivity index (χ0v) is 7.14. The maximum absolute atomic E-state index is 10.3. The molecular formula is C8H8NO2S-. The van der Waals surface area contributed by atoms with Crippen molar-refractivity contribution in [1.82, 2.24) is 0 Å². The van der Waals surface area contributed by atoms with Gasteiger partial charge in [0.1, 0.15) is 0 Å². The van der Waals surface area contributed by atoms with E-state index in [1.165, 1.54) is 0 Å². The number of para-hydroxylation sites is 1. The highest BCUT2D eigenvalue weighted by atomic mass is 32.2. The van der Waals surface area contributed by atoms with Gasteiger partial charge in [-0.3, -0.25) is 4.21 Å². The van der Waals surface area contributed by atoms with E-state index in [0.717, 1.165) is 5.56 Å². The predicted octanol–water partition coefficient (Wildman–Crippen LogP) is 1.54. The lowest BCUT2D eigenvalue weighted by atomic mass is 10.2. The Balaban J connectivity index is 2.96. The third kappa shape index (κ3) is 2.18. The van der Waals surface area contributed by atoms with Gasteiger partial charge in [-0.05, 0) is 11.6 Å². The number of rotatable bonds is 3. The van der Waals surface area contributed by atoms with Crippen LogP contribution in [0.3, 0.4) is 0 Å². The normalized spacial score (nSPS) is 12.1. The Morgan fingerprint density at radius 1 is 1.50 bits per heavy atom. The molecule has 0 aromatic heterocycles. The van der Waals surface area contributed by atoms with Crippen molar-refractivity contribution >= 4 is 23.0 Å². The number of hydrogen-bond acceptors (Lipinski definition) is 2. The monoisotopic (exact) mass is 182 g/mol. The predicted molar refractivity (Wildman–Crippen MR) is 49.1 cm³/mol. The van der Waals surface area contributed by atoms with Gasteiger partial charge in [0.05, 0.1) is 5.69 Å². The van der Waals surface area contributed by atoms with Gasteiger partial charge in [0.25, 0.3) is 0 Å². The van der Waals surface area contributed by atoms with Gasteiger partial charge >= 0.3 is 0 Å². The molecule has 12 heavy (non-hydrogen) atoms. The standard InChI is InChI=1S/C8H9NO2S/c1-2-7-5-3-4-6-8(7)9-12(10)11/h2-6,9H,1H2,(H,10,11)/p-1. The average molecular weight is 182 g/mol. The molecule has 1 aromatic carbocycles. The van der Waals surface area contributed by atoms with Gasteiger partial charge in [-0.25, -0.2) is 0 Å². The minimum absolute atomic E-state index is 0.542. The van der Waals surface area contributed by atoms with Crippen molar-refractivity contribution in [1.29, 1.82) is 0 Å². The van der Waals surface area contributed by atoms with Crippen molar-refractivity contribution in [2.45, 2.75) is 0 Å². The van der Waals surface area contributed by atoms with Crippen LogP contribution < -0.4 is 4.72 Å². The Hall–Kier alpha value is -1.13. The zero-order chi connectivity index (χ0) is 8.97. The summed E-state index contributed by atoms with van der Waals surface area (Å²) in [5.41, 5.74) is 1.31. The van der Waals surface area contributed by atoms with Gasteiger partial charge in [0, 0.05) is 11.3 Å². The van der Waals surface area contributed by atoms with Crippen LogP contribution in [0.15, 0.2) is 30.8 Å². The first-order valence-electron chi connectivity index (χ1n) is 3.31. The van der Waals surface area contributed by atoms with E-state index >= 15 is 0 Å². The summed E-state index contributed by atoms with van der Waals surface area (Å²) in [6.45, 7) is 3.56. The molecule has 1 aromatic rings. The lowest BCUT2D eigenvalue weighted by Crippen LogP contribution is -2.03. The minimum atomic E-state index is -2.28. The van der Waals surface area contributed by atoms with Crippen molar-refractivity contribution in [3.8, 4) is 0 Å². The summed E-state index contributed by atoms with van der Waals surface area (Å²) in [5.74, 6) is 0. The van der Waals surface area contributed by atoms with Crippen LogP contribution in [-0.4, -0.2) is 8.76 Å². The van der Waals surface area contributed by atoms with Crippen LogP contribution in [0.2, 0.25) is 0 Å². The molecule has 0 fully saturated rings. The first-order chi connectivity index (χ1) is 5.74. The lowest BCUT2D eigenvalue weighted by molar-refractivity contribution is 0.542. The summed E-state index contributed by atoms with van der Waals surface area (Å²) in [6, 6.07) is 7.02. The minimum Gasteiger partial charge on any atom is -0.755 e. The first kappa shape index (κ1) is 8.96. The second-order valence-corrected chi connectivity index (χ2v) is 2.80. The van der Waals surface area contributed by atoms with Crippen LogP contribution in [0.5, 0.6) is 0 Å². The molecule has 0 saturated heterocycles. The Morgan fingerprint density at radius 2 is 2.17 bits per heavy atom. The Morgan fingerprint density at radius 3 is 2.75 bits per heavy atom. The third-order valence-electron chi connectivity index (χ3n) is 1.37. The van der Waals surface area contributed by atoms with Crippen molar-refractivity contribution in [2.24, 2.45) is 0 Å². The van der Waals surface area contributed by atoms with Crippen molar-refractivity contribution in [3.63, 3.8) is 0 Å². The Bertz CT molecular complexity index is 312. The van der Waals surface area contributed by atoms with E-state index in [1.54, 1.807) is 24.3 Å². The highest BCUT2D eigenvalue weighted by Crippen LogP contribution is 2.15. The quantitative estimate of drug-likeness (QED) is 0.721. The van der Waals surface area contributed by atoms with E-state index in [0.29, 0.717) is 5.69 Å². The van der Waals surface area contributed by atoms with E-state index < -0.39 is 11.3 Å². The number of hydrogen-bond donors (Lipinski definition) is 1. The van der Waals surface area contributed by atoms with Gasteiger partial charge in [0.15, 0.2) is 0 Å². The third-order valence-corrected chi connectivity index (χ3v) is 1.76. The van der Waals surface area contributed by atoms with Crippen molar-refractivity contribution in [3.05, 3.63) is 36.4 Å². The number of benzene rings is 1. The molecule has 0 aliphatic rings. The molecule has 64 valence electrons. The second kappa shape index (κ2) is 4.04. The summed E-state index contributed by atoms with van der Waals surface area (Å²) in [7, 11) is 0. The van der Waals surface area contributed by atoms with E-state index in [1.807, 2.05) is 6.07 Å². The molecule has 4 heteroatoms. The van der Waals surface area contributed by atoms with E-state index in [9.17, 15) is 8.76 Å². The Kier molecular flexibility index (Phi) is 3.01. The molecule has 0 bridgehead atoms. The summed E-state index contributed by atoms with van der Waals surface area (Å²) in [6.07, 6.45) is 1.59. The molecular weight excluding hydrogens is 174 g/mol. The SMILES string of the molecule is C=Cc1ccccc1NS(=O)[O-]. The smallest absolute Gasteiger partial charge is 0.0524 e. The maximum Gasteiger partial charge on any atom is 0.0524 e. The van der Waals surface area contributed by atoms with Crippen LogP contribution in [0, 0.1) is 0 Å². The van der Waals surface area contributed by atoms with Crippen LogP contribution in [0.1, 0.15) is 5.56 Å². The molecule has 0 radical (unpaired) electrons.